The van der Waals surface area contributed by atoms with E-state index in [4.69, 9.17) is 0 Å². The molecule has 2 heterocycles. The molecule has 0 unspecified atom stereocenters. The van der Waals surface area contributed by atoms with E-state index in [0.717, 1.165) is 15.1 Å². The van der Waals surface area contributed by atoms with Gasteiger partial charge >= 0.3 is 0 Å². The van der Waals surface area contributed by atoms with Gasteiger partial charge in [0.25, 0.3) is 0 Å². The molecular formula is C13H4Br2F2OS2. The predicted octanol–water partition coefficient (Wildman–Crippen LogP) is 6.00. The van der Waals surface area contributed by atoms with Gasteiger partial charge in [0.2, 0.25) is 5.78 Å². The van der Waals surface area contributed by atoms with Gasteiger partial charge in [0.15, 0.2) is 5.82 Å². The third-order valence-electron chi connectivity index (χ3n) is 2.72. The molecule has 0 saturated heterocycles. The quantitative estimate of drug-likeness (QED) is 0.449. The molecule has 0 saturated carbocycles. The monoisotopic (exact) mass is 436 g/mol. The number of benzene rings is 1. The van der Waals surface area contributed by atoms with Gasteiger partial charge in [-0.2, -0.15) is 0 Å². The largest absolute Gasteiger partial charge is 0.288 e. The summed E-state index contributed by atoms with van der Waals surface area (Å²) in [7, 11) is 0. The molecule has 20 heavy (non-hydrogen) atoms. The predicted molar refractivity (Wildman–Crippen MR) is 84.9 cm³/mol. The van der Waals surface area contributed by atoms with Gasteiger partial charge in [0.1, 0.15) is 10.7 Å². The zero-order chi connectivity index (χ0) is 14.4. The molecule has 0 bridgehead atoms. The molecule has 0 amide bonds. The van der Waals surface area contributed by atoms with Crippen molar-refractivity contribution >= 4 is 70.4 Å². The molecular weight excluding hydrogens is 434 g/mol. The van der Waals surface area contributed by atoms with Crippen LogP contribution in [0.25, 0.3) is 10.1 Å². The van der Waals surface area contributed by atoms with Gasteiger partial charge in [-0.05, 0) is 56.1 Å². The fourth-order valence-corrected chi connectivity index (χ4v) is 6.29. The van der Waals surface area contributed by atoms with Crippen molar-refractivity contribution in [3.63, 3.8) is 0 Å². The van der Waals surface area contributed by atoms with E-state index in [1.165, 1.54) is 35.6 Å². The van der Waals surface area contributed by atoms with Crippen LogP contribution in [0.1, 0.15) is 15.2 Å². The van der Waals surface area contributed by atoms with Crippen molar-refractivity contribution in [3.8, 4) is 0 Å². The van der Waals surface area contributed by atoms with Crippen molar-refractivity contribution in [3.05, 3.63) is 53.9 Å². The van der Waals surface area contributed by atoms with E-state index < -0.39 is 17.4 Å². The number of fused-ring (bicyclic) bond motifs is 1. The molecule has 0 atom stereocenters. The lowest BCUT2D eigenvalue weighted by Gasteiger charge is -1.98. The van der Waals surface area contributed by atoms with E-state index in [2.05, 4.69) is 31.9 Å². The lowest BCUT2D eigenvalue weighted by Crippen LogP contribution is -2.00. The number of ketones is 1. The van der Waals surface area contributed by atoms with Crippen LogP contribution < -0.4 is 0 Å². The fraction of sp³-hybridized carbons (Fsp3) is 0. The van der Waals surface area contributed by atoms with Gasteiger partial charge in [-0.3, -0.25) is 4.79 Å². The number of rotatable bonds is 2. The highest BCUT2D eigenvalue weighted by Gasteiger charge is 2.24. The fourth-order valence-electron chi connectivity index (χ4n) is 1.78. The first kappa shape index (κ1) is 14.3. The minimum Gasteiger partial charge on any atom is -0.288 e. The molecule has 3 aromatic rings. The van der Waals surface area contributed by atoms with Crippen LogP contribution in [0.4, 0.5) is 8.78 Å². The third-order valence-corrected chi connectivity index (χ3v) is 6.82. The summed E-state index contributed by atoms with van der Waals surface area (Å²) < 4.78 is 29.4. The number of halogens is 4. The van der Waals surface area contributed by atoms with Crippen LogP contribution in [0, 0.1) is 11.6 Å². The second-order valence-corrected chi connectivity index (χ2v) is 8.61. The van der Waals surface area contributed by atoms with E-state index in [1.54, 1.807) is 0 Å². The molecule has 0 aliphatic rings. The lowest BCUT2D eigenvalue weighted by molar-refractivity contribution is 0.103. The molecule has 1 nitrogen and oxygen atoms in total. The Morgan fingerprint density at radius 1 is 1.00 bits per heavy atom. The second kappa shape index (κ2) is 5.29. The van der Waals surface area contributed by atoms with Crippen molar-refractivity contribution in [1.29, 1.82) is 0 Å². The van der Waals surface area contributed by atoms with Crippen molar-refractivity contribution in [2.75, 3.05) is 0 Å². The van der Waals surface area contributed by atoms with Crippen molar-refractivity contribution < 1.29 is 13.6 Å². The van der Waals surface area contributed by atoms with Gasteiger partial charge in [-0.1, -0.05) is 0 Å². The van der Waals surface area contributed by atoms with Gasteiger partial charge in [-0.25, -0.2) is 8.78 Å². The van der Waals surface area contributed by atoms with Crippen LogP contribution in [0.3, 0.4) is 0 Å². The Balaban J connectivity index is 2.15. The molecule has 1 aromatic carbocycles. The smallest absolute Gasteiger partial charge is 0.205 e. The van der Waals surface area contributed by atoms with Crippen LogP contribution in [-0.4, -0.2) is 5.78 Å². The van der Waals surface area contributed by atoms with Crippen molar-refractivity contribution in [2.24, 2.45) is 0 Å². The van der Waals surface area contributed by atoms with E-state index in [9.17, 15) is 13.6 Å². The van der Waals surface area contributed by atoms with Gasteiger partial charge in [0, 0.05) is 5.56 Å². The Hall–Kier alpha value is -0.630. The van der Waals surface area contributed by atoms with Gasteiger partial charge in [0.05, 0.1) is 17.7 Å². The molecule has 0 aliphatic carbocycles. The summed E-state index contributed by atoms with van der Waals surface area (Å²) in [5.41, 5.74) is 0.269. The van der Waals surface area contributed by atoms with E-state index >= 15 is 0 Å². The van der Waals surface area contributed by atoms with Crippen LogP contribution in [0.15, 0.2) is 31.8 Å². The van der Waals surface area contributed by atoms with Gasteiger partial charge < -0.3 is 0 Å². The highest BCUT2D eigenvalue weighted by Crippen LogP contribution is 2.46. The zero-order valence-corrected chi connectivity index (χ0v) is 14.4. The topological polar surface area (TPSA) is 17.1 Å². The maximum atomic E-state index is 14.4. The highest BCUT2D eigenvalue weighted by molar-refractivity contribution is 9.12. The second-order valence-electron chi connectivity index (χ2n) is 3.93. The first-order chi connectivity index (χ1) is 9.49. The van der Waals surface area contributed by atoms with E-state index in [1.807, 2.05) is 0 Å². The van der Waals surface area contributed by atoms with Crippen LogP contribution in [0.5, 0.6) is 0 Å². The Morgan fingerprint density at radius 3 is 2.25 bits per heavy atom. The summed E-state index contributed by atoms with van der Waals surface area (Å²) in [5.74, 6) is -1.40. The molecule has 0 aliphatic heterocycles. The molecule has 2 aromatic heterocycles. The first-order valence-corrected chi connectivity index (χ1v) is 8.57. The summed E-state index contributed by atoms with van der Waals surface area (Å²) in [6.07, 6.45) is 0. The molecule has 3 rings (SSSR count). The van der Waals surface area contributed by atoms with E-state index in [-0.39, 0.29) is 10.4 Å². The van der Waals surface area contributed by atoms with Crippen molar-refractivity contribution in [2.45, 2.75) is 0 Å². The minimum absolute atomic E-state index is 0.0378. The zero-order valence-electron chi connectivity index (χ0n) is 9.55. The first-order valence-electron chi connectivity index (χ1n) is 5.35. The average molecular weight is 438 g/mol. The number of hydrogen-bond acceptors (Lipinski definition) is 3. The maximum absolute atomic E-state index is 14.4. The maximum Gasteiger partial charge on any atom is 0.205 e. The minimum atomic E-state index is -0.534. The molecule has 0 N–H and O–H groups in total. The van der Waals surface area contributed by atoms with Crippen LogP contribution in [-0.2, 0) is 0 Å². The van der Waals surface area contributed by atoms with Gasteiger partial charge in [-0.15, -0.1) is 22.7 Å². The molecule has 0 radical (unpaired) electrons. The lowest BCUT2D eigenvalue weighted by atomic mass is 10.1. The molecule has 0 fully saturated rings. The number of carbonyl (C=O) groups excluding carboxylic acids is 1. The summed E-state index contributed by atoms with van der Waals surface area (Å²) in [6.45, 7) is 0. The number of thiophene rings is 2. The van der Waals surface area contributed by atoms with E-state index in [0.29, 0.717) is 13.9 Å². The summed E-state index contributed by atoms with van der Waals surface area (Å²) in [6, 6.07) is 5.08. The Morgan fingerprint density at radius 2 is 1.65 bits per heavy atom. The summed E-state index contributed by atoms with van der Waals surface area (Å²) in [5, 5.41) is 0.414. The SMILES string of the molecule is O=C(c1ccc(F)cc1)c1sc2c(Br)sc(Br)c2c1F. The third kappa shape index (κ3) is 2.26. The van der Waals surface area contributed by atoms with Crippen LogP contribution >= 0.6 is 54.5 Å². The molecule has 0 spiro atoms. The average Bonchev–Trinajstić information content (AvgIpc) is 2.89. The normalized spacial score (nSPS) is 11.2. The standard InChI is InChI=1S/C13H4Br2F2OS2/c14-12-7-8(17)11(19-10(7)13(15)20-12)9(18)5-1-3-6(16)4-2-5/h1-4H. The Bertz CT molecular complexity index is 821. The summed E-state index contributed by atoms with van der Waals surface area (Å²) >= 11 is 9.10. The van der Waals surface area contributed by atoms with Crippen molar-refractivity contribution in [1.82, 2.24) is 0 Å². The number of hydrogen-bond donors (Lipinski definition) is 0. The highest BCUT2D eigenvalue weighted by atomic mass is 79.9. The number of carbonyl (C=O) groups is 1. The van der Waals surface area contributed by atoms with Crippen LogP contribution in [0.2, 0.25) is 0 Å². The Kier molecular flexibility index (Phi) is 3.79. The Labute approximate surface area is 137 Å². The molecule has 7 heteroatoms. The summed E-state index contributed by atoms with van der Waals surface area (Å²) in [4.78, 5) is 12.3. The molecule has 102 valence electrons.